The van der Waals surface area contributed by atoms with E-state index in [2.05, 4.69) is 21.9 Å². The van der Waals surface area contributed by atoms with Crippen molar-refractivity contribution >= 4 is 23.2 Å². The van der Waals surface area contributed by atoms with Gasteiger partial charge < -0.3 is 21.5 Å². The van der Waals surface area contributed by atoms with Crippen LogP contribution in [0.1, 0.15) is 23.0 Å². The number of rotatable bonds is 10. The Morgan fingerprint density at radius 3 is 2.47 bits per heavy atom. The third-order valence-electron chi connectivity index (χ3n) is 5.71. The summed E-state index contributed by atoms with van der Waals surface area (Å²) in [5, 5.41) is 2.37. The second-order valence-electron chi connectivity index (χ2n) is 9.05. The zero-order valence-electron chi connectivity index (χ0n) is 22.6. The number of pyridine rings is 1. The number of ether oxygens (including phenoxy) is 1. The van der Waals surface area contributed by atoms with E-state index < -0.39 is 65.5 Å². The number of carbonyl (C=O) groups is 2. The van der Waals surface area contributed by atoms with Gasteiger partial charge >= 0.3 is 6.18 Å². The van der Waals surface area contributed by atoms with Crippen LogP contribution in [0.25, 0.3) is 16.8 Å². The molecule has 2 heterocycles. The predicted octanol–water partition coefficient (Wildman–Crippen LogP) is 4.97. The number of benzene rings is 1. The first kappa shape index (κ1) is 32.5. The highest BCUT2D eigenvalue weighted by Gasteiger charge is 2.40. The van der Waals surface area contributed by atoms with Crippen LogP contribution in [0, 0.1) is 5.82 Å². The van der Waals surface area contributed by atoms with Crippen molar-refractivity contribution < 1.29 is 40.7 Å². The second-order valence-corrected chi connectivity index (χ2v) is 9.05. The number of alkyl halides is 3. The van der Waals surface area contributed by atoms with Gasteiger partial charge in [0.15, 0.2) is 0 Å². The number of hydrogen-bond acceptors (Lipinski definition) is 6. The van der Waals surface area contributed by atoms with E-state index in [0.717, 1.165) is 37.3 Å². The molecule has 43 heavy (non-hydrogen) atoms. The number of primary amides is 1. The molecule has 226 valence electrons. The second kappa shape index (κ2) is 13.8. The van der Waals surface area contributed by atoms with Crippen molar-refractivity contribution in [3.8, 4) is 11.1 Å². The Morgan fingerprint density at radius 2 is 1.88 bits per heavy atom. The van der Waals surface area contributed by atoms with E-state index in [1.807, 2.05) is 0 Å². The van der Waals surface area contributed by atoms with Gasteiger partial charge in [0, 0.05) is 23.0 Å². The number of carbonyl (C=O) groups excluding carboxylic acids is 2. The molecule has 0 aliphatic carbocycles. The van der Waals surface area contributed by atoms with Crippen LogP contribution in [0.5, 0.6) is 0 Å². The summed E-state index contributed by atoms with van der Waals surface area (Å²) in [6.45, 7) is 2.45. The quantitative estimate of drug-likeness (QED) is 0.200. The standard InChI is InChI=1S/C29H25F6N5O3/c1-15(30)8-17(9-16(2)31)10-24(40-25(41)12-39-27(29(33,34)35)21-13-43-14-23(21)36)26-19(4-3-7-38-26)18-5-6-22(32)20(11-18)28(37)42/h3-11H,1,12-14,36H2,2H3,(H2,37,42)(H,40,41)/b16-9?,17-8+,24-10-,39-27?. The van der Waals surface area contributed by atoms with Crippen LogP contribution in [0.3, 0.4) is 0 Å². The molecule has 0 saturated heterocycles. The van der Waals surface area contributed by atoms with Gasteiger partial charge in [0.25, 0.3) is 5.91 Å². The number of aromatic nitrogens is 1. The zero-order chi connectivity index (χ0) is 31.9. The molecule has 1 aliphatic rings. The van der Waals surface area contributed by atoms with Crippen LogP contribution in [-0.4, -0.2) is 48.4 Å². The smallest absolute Gasteiger partial charge is 0.400 e. The van der Waals surface area contributed by atoms with E-state index >= 15 is 0 Å². The van der Waals surface area contributed by atoms with Gasteiger partial charge in [-0.1, -0.05) is 18.7 Å². The first-order valence-corrected chi connectivity index (χ1v) is 12.3. The molecule has 0 bridgehead atoms. The minimum Gasteiger partial charge on any atom is -0.400 e. The van der Waals surface area contributed by atoms with Gasteiger partial charge in [0.05, 0.1) is 36.0 Å². The Hall–Kier alpha value is -4.98. The monoisotopic (exact) mass is 605 g/mol. The molecular weight excluding hydrogens is 580 g/mol. The topological polar surface area (TPSA) is 133 Å². The Labute approximate surface area is 241 Å². The molecule has 1 aromatic heterocycles. The van der Waals surface area contributed by atoms with Gasteiger partial charge in [-0.2, -0.15) is 13.2 Å². The van der Waals surface area contributed by atoms with Crippen molar-refractivity contribution in [3.05, 3.63) is 107 Å². The van der Waals surface area contributed by atoms with E-state index in [0.29, 0.717) is 0 Å². The lowest BCUT2D eigenvalue weighted by Crippen LogP contribution is -2.30. The Morgan fingerprint density at radius 1 is 1.16 bits per heavy atom. The van der Waals surface area contributed by atoms with E-state index in [-0.39, 0.29) is 40.4 Å². The van der Waals surface area contributed by atoms with E-state index in [1.54, 1.807) is 0 Å². The van der Waals surface area contributed by atoms with Gasteiger partial charge in [-0.05, 0) is 54.5 Å². The molecule has 14 heteroatoms. The molecule has 0 unspecified atom stereocenters. The number of nitrogens with two attached hydrogens (primary N) is 2. The summed E-state index contributed by atoms with van der Waals surface area (Å²) in [6, 6.07) is 6.34. The van der Waals surface area contributed by atoms with Crippen LogP contribution in [0.15, 0.2) is 94.8 Å². The van der Waals surface area contributed by atoms with Crippen molar-refractivity contribution in [1.29, 1.82) is 0 Å². The highest BCUT2D eigenvalue weighted by atomic mass is 19.4. The average Bonchev–Trinajstić information content (AvgIpc) is 3.32. The molecule has 0 saturated carbocycles. The molecule has 0 radical (unpaired) electrons. The largest absolute Gasteiger partial charge is 0.433 e. The summed E-state index contributed by atoms with van der Waals surface area (Å²) >= 11 is 0. The van der Waals surface area contributed by atoms with Gasteiger partial charge in [-0.25, -0.2) is 13.2 Å². The predicted molar refractivity (Wildman–Crippen MR) is 148 cm³/mol. The highest BCUT2D eigenvalue weighted by molar-refractivity contribution is 6.06. The minimum absolute atomic E-state index is 0.0608. The normalized spacial score (nSPS) is 15.1. The molecule has 0 fully saturated rings. The summed E-state index contributed by atoms with van der Waals surface area (Å²) in [4.78, 5) is 32.3. The van der Waals surface area contributed by atoms with E-state index in [4.69, 9.17) is 16.2 Å². The van der Waals surface area contributed by atoms with Crippen LogP contribution >= 0.6 is 0 Å². The molecule has 3 rings (SSSR count). The maximum atomic E-state index is 14.2. The Balaban J connectivity index is 2.14. The van der Waals surface area contributed by atoms with Gasteiger partial charge in [0.1, 0.15) is 23.9 Å². The lowest BCUT2D eigenvalue weighted by molar-refractivity contribution is -0.118. The maximum absolute atomic E-state index is 14.2. The summed E-state index contributed by atoms with van der Waals surface area (Å²) < 4.78 is 87.8. The molecule has 2 amide bonds. The van der Waals surface area contributed by atoms with Gasteiger partial charge in [-0.3, -0.25) is 19.6 Å². The minimum atomic E-state index is -4.96. The van der Waals surface area contributed by atoms with Crippen LogP contribution in [0.4, 0.5) is 26.3 Å². The van der Waals surface area contributed by atoms with Crippen LogP contribution < -0.4 is 16.8 Å². The third kappa shape index (κ3) is 8.75. The first-order chi connectivity index (χ1) is 20.2. The first-order valence-electron chi connectivity index (χ1n) is 12.3. The van der Waals surface area contributed by atoms with Crippen molar-refractivity contribution in [2.45, 2.75) is 13.1 Å². The number of nitrogens with zero attached hydrogens (tertiary/aromatic N) is 2. The van der Waals surface area contributed by atoms with Crippen molar-refractivity contribution in [2.24, 2.45) is 16.5 Å². The molecule has 1 aromatic carbocycles. The number of allylic oxidation sites excluding steroid dienone is 6. The SMILES string of the molecule is C=C(F)/C=C(C=C(C)F)/C=C(\NC(=O)CN=C(C1=C(N)COC1)C(F)(F)F)c1ncccc1-c1ccc(F)c(C(N)=O)c1. The summed E-state index contributed by atoms with van der Waals surface area (Å²) in [6.07, 6.45) is -0.841. The lowest BCUT2D eigenvalue weighted by Gasteiger charge is -2.15. The summed E-state index contributed by atoms with van der Waals surface area (Å²) in [5.41, 5.74) is 8.38. The number of hydrogen-bond donors (Lipinski definition) is 3. The molecule has 5 N–H and O–H groups in total. The fraction of sp³-hybridized carbons (Fsp3) is 0.172. The number of aliphatic imine (C=N–C) groups is 1. The molecule has 0 atom stereocenters. The molecule has 2 aromatic rings. The number of halogens is 6. The number of nitrogens with one attached hydrogen (secondary N) is 1. The van der Waals surface area contributed by atoms with Gasteiger partial charge in [-0.15, -0.1) is 0 Å². The van der Waals surface area contributed by atoms with E-state index in [9.17, 15) is 35.9 Å². The molecule has 1 aliphatic heterocycles. The van der Waals surface area contributed by atoms with Crippen LogP contribution in [0.2, 0.25) is 0 Å². The average molecular weight is 606 g/mol. The fourth-order valence-electron chi connectivity index (χ4n) is 3.96. The molecule has 0 spiro atoms. The molecular formula is C29H25F6N5O3. The van der Waals surface area contributed by atoms with Crippen molar-refractivity contribution in [2.75, 3.05) is 19.8 Å². The van der Waals surface area contributed by atoms with Crippen LogP contribution in [-0.2, 0) is 9.53 Å². The van der Waals surface area contributed by atoms with Crippen molar-refractivity contribution in [3.63, 3.8) is 0 Å². The van der Waals surface area contributed by atoms with E-state index in [1.165, 1.54) is 24.4 Å². The summed E-state index contributed by atoms with van der Waals surface area (Å²) in [7, 11) is 0. The van der Waals surface area contributed by atoms with Crippen molar-refractivity contribution in [1.82, 2.24) is 10.3 Å². The maximum Gasteiger partial charge on any atom is 0.433 e. The Kier molecular flexibility index (Phi) is 10.4. The van der Waals surface area contributed by atoms with Gasteiger partial charge in [0.2, 0.25) is 5.91 Å². The fourth-order valence-corrected chi connectivity index (χ4v) is 3.96. The summed E-state index contributed by atoms with van der Waals surface area (Å²) in [5.74, 6) is -4.78. The third-order valence-corrected chi connectivity index (χ3v) is 5.71. The lowest BCUT2D eigenvalue weighted by atomic mass is 9.98. The molecule has 8 nitrogen and oxygen atoms in total. The highest BCUT2D eigenvalue weighted by Crippen LogP contribution is 2.30. The Bertz CT molecular complexity index is 1600. The zero-order valence-corrected chi connectivity index (χ0v) is 22.6. The number of amides is 2.